The van der Waals surface area contributed by atoms with Crippen LogP contribution >= 0.6 is 0 Å². The second kappa shape index (κ2) is 7.51. The van der Waals surface area contributed by atoms with Crippen molar-refractivity contribution in [1.29, 1.82) is 0 Å². The summed E-state index contributed by atoms with van der Waals surface area (Å²) in [5, 5.41) is 0. The van der Waals surface area contributed by atoms with Gasteiger partial charge in [0.2, 0.25) is 0 Å². The minimum Gasteiger partial charge on any atom is -0.256 e. The van der Waals surface area contributed by atoms with Gasteiger partial charge in [-0.3, -0.25) is 4.98 Å². The summed E-state index contributed by atoms with van der Waals surface area (Å²) in [6.45, 7) is 0. The quantitative estimate of drug-likeness (QED) is 0.422. The smallest absolute Gasteiger partial charge is 0.0702 e. The molecule has 1 nitrogen and oxygen atoms in total. The van der Waals surface area contributed by atoms with Crippen LogP contribution in [0.4, 0.5) is 0 Å². The van der Waals surface area contributed by atoms with E-state index in [1.807, 2.05) is 60.8 Å². The normalized spacial score (nSPS) is 10.0. The fraction of sp³-hybridized carbons (Fsp3) is 0. The van der Waals surface area contributed by atoms with Crippen molar-refractivity contribution in [3.63, 3.8) is 0 Å². The van der Waals surface area contributed by atoms with Gasteiger partial charge in [-0.2, -0.15) is 0 Å². The number of hydrogen-bond acceptors (Lipinski definition) is 1. The van der Waals surface area contributed by atoms with Crippen LogP contribution in [-0.4, -0.2) is 4.98 Å². The summed E-state index contributed by atoms with van der Waals surface area (Å²) >= 11 is 0. The molecule has 0 fully saturated rings. The third-order valence-electron chi connectivity index (χ3n) is 4.18. The van der Waals surface area contributed by atoms with Crippen molar-refractivity contribution in [3.05, 3.63) is 114 Å². The predicted molar refractivity (Wildman–Crippen MR) is 108 cm³/mol. The number of aromatic nitrogens is 1. The third kappa shape index (κ3) is 3.55. The highest BCUT2D eigenvalue weighted by Gasteiger charge is 2.05. The summed E-state index contributed by atoms with van der Waals surface area (Å²) in [4.78, 5) is 4.45. The maximum Gasteiger partial charge on any atom is 0.0702 e. The van der Waals surface area contributed by atoms with Crippen molar-refractivity contribution >= 4 is 0 Å². The van der Waals surface area contributed by atoms with Crippen LogP contribution in [0, 0.1) is 11.8 Å². The number of pyridine rings is 1. The molecular weight excluding hydrogens is 314 g/mol. The molecule has 0 amide bonds. The molecule has 0 spiro atoms. The summed E-state index contributed by atoms with van der Waals surface area (Å²) in [5.41, 5.74) is 6.40. The van der Waals surface area contributed by atoms with Gasteiger partial charge in [0.05, 0.1) is 5.69 Å². The Hall–Kier alpha value is -3.63. The number of nitrogens with zero attached hydrogens (tertiary/aromatic N) is 1. The van der Waals surface area contributed by atoms with E-state index in [2.05, 4.69) is 59.3 Å². The van der Waals surface area contributed by atoms with Gasteiger partial charge in [0.15, 0.2) is 0 Å². The van der Waals surface area contributed by atoms with Crippen LogP contribution in [0.5, 0.6) is 0 Å². The van der Waals surface area contributed by atoms with Gasteiger partial charge in [-0.25, -0.2) is 0 Å². The Morgan fingerprint density at radius 3 is 2.19 bits per heavy atom. The van der Waals surface area contributed by atoms with Gasteiger partial charge >= 0.3 is 0 Å². The molecule has 0 aliphatic rings. The predicted octanol–water partition coefficient (Wildman–Crippen LogP) is 5.82. The molecule has 0 unspecified atom stereocenters. The average Bonchev–Trinajstić information content (AvgIpc) is 2.74. The molecular formula is C25H17N. The number of benzene rings is 3. The van der Waals surface area contributed by atoms with Crippen LogP contribution in [0.1, 0.15) is 11.1 Å². The minimum absolute atomic E-state index is 0.974. The lowest BCUT2D eigenvalue weighted by Crippen LogP contribution is -1.87. The lowest BCUT2D eigenvalue weighted by Gasteiger charge is -2.07. The Kier molecular flexibility index (Phi) is 4.58. The molecule has 0 saturated heterocycles. The van der Waals surface area contributed by atoms with Crippen molar-refractivity contribution in [3.8, 4) is 34.2 Å². The van der Waals surface area contributed by atoms with Crippen LogP contribution < -0.4 is 0 Å². The Labute approximate surface area is 154 Å². The summed E-state index contributed by atoms with van der Waals surface area (Å²) in [6, 6.07) is 32.8. The largest absolute Gasteiger partial charge is 0.256 e. The van der Waals surface area contributed by atoms with Crippen LogP contribution in [0.3, 0.4) is 0 Å². The topological polar surface area (TPSA) is 12.9 Å². The fourth-order valence-corrected chi connectivity index (χ4v) is 2.88. The first-order chi connectivity index (χ1) is 12.9. The zero-order valence-electron chi connectivity index (χ0n) is 14.3. The summed E-state index contributed by atoms with van der Waals surface area (Å²) in [5.74, 6) is 6.58. The molecule has 0 aliphatic carbocycles. The zero-order valence-corrected chi connectivity index (χ0v) is 14.3. The van der Waals surface area contributed by atoms with E-state index in [0.717, 1.165) is 33.5 Å². The maximum atomic E-state index is 4.45. The van der Waals surface area contributed by atoms with E-state index in [1.165, 1.54) is 0 Å². The standard InChI is InChI=1S/C25H17N/c1-2-9-20(10-3-1)16-17-21-11-4-5-14-24(21)22-12-8-13-23(19-22)25-15-6-7-18-26-25/h1-15,18-19H. The van der Waals surface area contributed by atoms with Gasteiger partial charge in [-0.15, -0.1) is 0 Å². The van der Waals surface area contributed by atoms with E-state index in [9.17, 15) is 0 Å². The zero-order chi connectivity index (χ0) is 17.6. The number of rotatable bonds is 2. The van der Waals surface area contributed by atoms with Crippen LogP contribution in [0.15, 0.2) is 103 Å². The summed E-state index contributed by atoms with van der Waals surface area (Å²) in [7, 11) is 0. The molecule has 3 aromatic carbocycles. The van der Waals surface area contributed by atoms with E-state index in [4.69, 9.17) is 0 Å². The molecule has 1 heteroatoms. The Balaban J connectivity index is 1.75. The molecule has 26 heavy (non-hydrogen) atoms. The van der Waals surface area contributed by atoms with E-state index in [-0.39, 0.29) is 0 Å². The highest BCUT2D eigenvalue weighted by atomic mass is 14.7. The van der Waals surface area contributed by atoms with Crippen molar-refractivity contribution < 1.29 is 0 Å². The molecule has 4 aromatic rings. The molecule has 1 heterocycles. The Morgan fingerprint density at radius 2 is 1.35 bits per heavy atom. The first kappa shape index (κ1) is 15.9. The van der Waals surface area contributed by atoms with E-state index in [0.29, 0.717) is 0 Å². The van der Waals surface area contributed by atoms with Crippen molar-refractivity contribution in [1.82, 2.24) is 4.98 Å². The highest BCUT2D eigenvalue weighted by Crippen LogP contribution is 2.27. The molecule has 0 saturated carbocycles. The average molecular weight is 331 g/mol. The van der Waals surface area contributed by atoms with Gasteiger partial charge in [0, 0.05) is 22.9 Å². The minimum atomic E-state index is 0.974. The van der Waals surface area contributed by atoms with E-state index in [1.54, 1.807) is 0 Å². The molecule has 0 atom stereocenters. The van der Waals surface area contributed by atoms with E-state index >= 15 is 0 Å². The molecule has 122 valence electrons. The molecule has 0 N–H and O–H groups in total. The van der Waals surface area contributed by atoms with Crippen molar-refractivity contribution in [2.45, 2.75) is 0 Å². The van der Waals surface area contributed by atoms with Crippen molar-refractivity contribution in [2.24, 2.45) is 0 Å². The Bertz CT molecular complexity index is 1070. The van der Waals surface area contributed by atoms with Gasteiger partial charge in [0.1, 0.15) is 0 Å². The first-order valence-electron chi connectivity index (χ1n) is 8.58. The van der Waals surface area contributed by atoms with Gasteiger partial charge in [0.25, 0.3) is 0 Å². The fourth-order valence-electron chi connectivity index (χ4n) is 2.88. The molecule has 0 aliphatic heterocycles. The van der Waals surface area contributed by atoms with Gasteiger partial charge in [-0.1, -0.05) is 72.5 Å². The maximum absolute atomic E-state index is 4.45. The van der Waals surface area contributed by atoms with Crippen molar-refractivity contribution in [2.75, 3.05) is 0 Å². The summed E-state index contributed by atoms with van der Waals surface area (Å²) < 4.78 is 0. The second-order valence-electron chi connectivity index (χ2n) is 5.96. The van der Waals surface area contributed by atoms with E-state index < -0.39 is 0 Å². The van der Waals surface area contributed by atoms with Crippen LogP contribution in [0.2, 0.25) is 0 Å². The number of hydrogen-bond donors (Lipinski definition) is 0. The lowest BCUT2D eigenvalue weighted by atomic mass is 9.97. The van der Waals surface area contributed by atoms with Gasteiger partial charge in [-0.05, 0) is 47.5 Å². The molecule has 1 aromatic heterocycles. The molecule has 0 bridgehead atoms. The highest BCUT2D eigenvalue weighted by molar-refractivity contribution is 5.75. The van der Waals surface area contributed by atoms with Gasteiger partial charge < -0.3 is 0 Å². The summed E-state index contributed by atoms with van der Waals surface area (Å²) in [6.07, 6.45) is 1.82. The second-order valence-corrected chi connectivity index (χ2v) is 5.96. The third-order valence-corrected chi connectivity index (χ3v) is 4.18. The van der Waals surface area contributed by atoms with Crippen LogP contribution in [0.25, 0.3) is 22.4 Å². The monoisotopic (exact) mass is 331 g/mol. The Morgan fingerprint density at radius 1 is 0.577 bits per heavy atom. The van der Waals surface area contributed by atoms with Crippen LogP contribution in [-0.2, 0) is 0 Å². The first-order valence-corrected chi connectivity index (χ1v) is 8.58. The SMILES string of the molecule is C(#Cc1ccccc1-c1cccc(-c2ccccn2)c1)c1ccccc1. The molecule has 0 radical (unpaired) electrons. The lowest BCUT2D eigenvalue weighted by molar-refractivity contribution is 1.33. The molecule has 4 rings (SSSR count).